The molecule has 0 atom stereocenters. The molecule has 0 aliphatic carbocycles. The molecule has 0 spiro atoms. The highest BCUT2D eigenvalue weighted by Crippen LogP contribution is 2.29. The van der Waals surface area contributed by atoms with Gasteiger partial charge in [0, 0.05) is 26.4 Å². The fourth-order valence-electron chi connectivity index (χ4n) is 2.95. The number of benzene rings is 3. The Morgan fingerprint density at radius 2 is 1.68 bits per heavy atom. The van der Waals surface area contributed by atoms with Crippen LogP contribution in [0.2, 0.25) is 5.02 Å². The lowest BCUT2D eigenvalue weighted by molar-refractivity contribution is -0.118. The first kappa shape index (κ1) is 22.8. The first-order chi connectivity index (χ1) is 14.8. The third kappa shape index (κ3) is 6.57. The van der Waals surface area contributed by atoms with Crippen molar-refractivity contribution in [2.24, 2.45) is 0 Å². The lowest BCUT2D eigenvalue weighted by Crippen LogP contribution is -2.21. The molecule has 0 bridgehead atoms. The van der Waals surface area contributed by atoms with Crippen molar-refractivity contribution in [3.63, 3.8) is 0 Å². The number of amides is 2. The van der Waals surface area contributed by atoms with Gasteiger partial charge in [0.25, 0.3) is 11.8 Å². The van der Waals surface area contributed by atoms with Crippen LogP contribution in [0.3, 0.4) is 0 Å². The normalized spacial score (nSPS) is 10.6. The van der Waals surface area contributed by atoms with Gasteiger partial charge >= 0.3 is 0 Å². The number of carbonyl (C=O) groups is 2. The quantitative estimate of drug-likeness (QED) is 0.388. The monoisotopic (exact) mass is 500 g/mol. The van der Waals surface area contributed by atoms with Gasteiger partial charge in [0.2, 0.25) is 0 Å². The van der Waals surface area contributed by atoms with Gasteiger partial charge in [-0.15, -0.1) is 0 Å². The van der Waals surface area contributed by atoms with Gasteiger partial charge in [-0.3, -0.25) is 9.59 Å². The number of rotatable bonds is 7. The Labute approximate surface area is 194 Å². The van der Waals surface area contributed by atoms with Crippen molar-refractivity contribution in [1.29, 1.82) is 0 Å². The van der Waals surface area contributed by atoms with Crippen LogP contribution in [0.5, 0.6) is 5.75 Å². The Balaban J connectivity index is 1.62. The number of carbonyl (C=O) groups excluding carboxylic acids is 2. The molecular weight excluding hydrogens is 480 g/mol. The highest BCUT2D eigenvalue weighted by Gasteiger charge is 2.12. The molecular formula is C24H22BrClN2O3. The summed E-state index contributed by atoms with van der Waals surface area (Å²) >= 11 is 9.41. The van der Waals surface area contributed by atoms with E-state index in [1.165, 1.54) is 0 Å². The highest BCUT2D eigenvalue weighted by atomic mass is 79.9. The second-order valence-electron chi connectivity index (χ2n) is 7.22. The SMILES string of the molecule is CC(C)c1cc(Br)ccc1OCC(=O)Nc1cccc(C(=O)Nc2cccc(Cl)c2)c1. The fourth-order valence-corrected chi connectivity index (χ4v) is 3.52. The Bertz CT molecular complexity index is 1100. The summed E-state index contributed by atoms with van der Waals surface area (Å²) in [5, 5.41) is 6.08. The van der Waals surface area contributed by atoms with Gasteiger partial charge in [-0.25, -0.2) is 0 Å². The topological polar surface area (TPSA) is 67.4 Å². The zero-order chi connectivity index (χ0) is 22.4. The van der Waals surface area contributed by atoms with Crippen LogP contribution in [0.4, 0.5) is 11.4 Å². The number of hydrogen-bond acceptors (Lipinski definition) is 3. The zero-order valence-electron chi connectivity index (χ0n) is 17.1. The Morgan fingerprint density at radius 3 is 2.39 bits per heavy atom. The maximum Gasteiger partial charge on any atom is 0.262 e. The molecule has 0 saturated carbocycles. The second-order valence-corrected chi connectivity index (χ2v) is 8.57. The lowest BCUT2D eigenvalue weighted by Gasteiger charge is -2.14. The summed E-state index contributed by atoms with van der Waals surface area (Å²) in [5.74, 6) is 0.310. The van der Waals surface area contributed by atoms with Crippen molar-refractivity contribution in [1.82, 2.24) is 0 Å². The van der Waals surface area contributed by atoms with Gasteiger partial charge < -0.3 is 15.4 Å². The van der Waals surface area contributed by atoms with E-state index in [1.807, 2.05) is 18.2 Å². The van der Waals surface area contributed by atoms with Crippen LogP contribution in [-0.2, 0) is 4.79 Å². The molecule has 31 heavy (non-hydrogen) atoms. The van der Waals surface area contributed by atoms with Crippen molar-refractivity contribution in [2.75, 3.05) is 17.2 Å². The first-order valence-corrected chi connectivity index (χ1v) is 10.9. The predicted octanol–water partition coefficient (Wildman–Crippen LogP) is 6.50. The molecule has 3 aromatic carbocycles. The number of ether oxygens (including phenoxy) is 1. The van der Waals surface area contributed by atoms with Crippen LogP contribution in [0.25, 0.3) is 0 Å². The van der Waals surface area contributed by atoms with Gasteiger partial charge in [-0.1, -0.05) is 53.5 Å². The van der Waals surface area contributed by atoms with Gasteiger partial charge in [0.15, 0.2) is 6.61 Å². The highest BCUT2D eigenvalue weighted by molar-refractivity contribution is 9.10. The van der Waals surface area contributed by atoms with Crippen molar-refractivity contribution in [2.45, 2.75) is 19.8 Å². The summed E-state index contributed by atoms with van der Waals surface area (Å²) in [6.45, 7) is 3.99. The van der Waals surface area contributed by atoms with E-state index in [0.717, 1.165) is 10.0 Å². The average molecular weight is 502 g/mol. The molecule has 0 radical (unpaired) electrons. The molecule has 0 aliphatic heterocycles. The smallest absolute Gasteiger partial charge is 0.262 e. The number of anilines is 2. The van der Waals surface area contributed by atoms with E-state index in [2.05, 4.69) is 40.4 Å². The molecule has 0 unspecified atom stereocenters. The van der Waals surface area contributed by atoms with E-state index < -0.39 is 0 Å². The van der Waals surface area contributed by atoms with Crippen LogP contribution >= 0.6 is 27.5 Å². The second kappa shape index (κ2) is 10.5. The van der Waals surface area contributed by atoms with Crippen LogP contribution in [0.15, 0.2) is 71.2 Å². The molecule has 0 aromatic heterocycles. The van der Waals surface area contributed by atoms with Gasteiger partial charge in [0.05, 0.1) is 0 Å². The maximum absolute atomic E-state index is 12.5. The largest absolute Gasteiger partial charge is 0.483 e. The summed E-state index contributed by atoms with van der Waals surface area (Å²) in [6, 6.07) is 19.3. The summed E-state index contributed by atoms with van der Waals surface area (Å²) in [6.07, 6.45) is 0. The standard InChI is InChI=1S/C24H22BrClN2O3/c1-15(2)21-12-17(25)9-10-22(21)31-14-23(29)27-19-7-3-5-16(11-19)24(30)28-20-8-4-6-18(26)13-20/h3-13,15H,14H2,1-2H3,(H,27,29)(H,28,30). The molecule has 5 nitrogen and oxygen atoms in total. The molecule has 3 rings (SSSR count). The van der Waals surface area contributed by atoms with Crippen LogP contribution in [-0.4, -0.2) is 18.4 Å². The van der Waals surface area contributed by atoms with Crippen LogP contribution in [0, 0.1) is 0 Å². The minimum atomic E-state index is -0.315. The molecule has 160 valence electrons. The van der Waals surface area contributed by atoms with Crippen LogP contribution in [0.1, 0.15) is 35.7 Å². The maximum atomic E-state index is 12.5. The molecule has 3 aromatic rings. The Kier molecular flexibility index (Phi) is 7.71. The molecule has 0 fully saturated rings. The number of halogens is 2. The van der Waals surface area contributed by atoms with Crippen molar-refractivity contribution >= 4 is 50.7 Å². The average Bonchev–Trinajstić information content (AvgIpc) is 2.73. The molecule has 0 saturated heterocycles. The fraction of sp³-hybridized carbons (Fsp3) is 0.167. The Morgan fingerprint density at radius 1 is 0.968 bits per heavy atom. The van der Waals surface area contributed by atoms with Crippen molar-refractivity contribution in [3.05, 3.63) is 87.4 Å². The third-order valence-electron chi connectivity index (χ3n) is 4.44. The van der Waals surface area contributed by atoms with Crippen molar-refractivity contribution < 1.29 is 14.3 Å². The number of hydrogen-bond donors (Lipinski definition) is 2. The predicted molar refractivity (Wildman–Crippen MR) is 128 cm³/mol. The summed E-state index contributed by atoms with van der Waals surface area (Å²) in [5.41, 5.74) is 2.53. The molecule has 7 heteroatoms. The van der Waals surface area contributed by atoms with E-state index in [0.29, 0.717) is 27.7 Å². The minimum absolute atomic E-state index is 0.139. The van der Waals surface area contributed by atoms with E-state index in [-0.39, 0.29) is 24.3 Å². The van der Waals surface area contributed by atoms with Gasteiger partial charge in [-0.2, -0.15) is 0 Å². The number of nitrogens with one attached hydrogen (secondary N) is 2. The van der Waals surface area contributed by atoms with Gasteiger partial charge in [-0.05, 0) is 66.1 Å². The lowest BCUT2D eigenvalue weighted by atomic mass is 10.0. The zero-order valence-corrected chi connectivity index (χ0v) is 19.5. The van der Waals surface area contributed by atoms with E-state index >= 15 is 0 Å². The van der Waals surface area contributed by atoms with Crippen molar-refractivity contribution in [3.8, 4) is 5.75 Å². The van der Waals surface area contributed by atoms with E-state index in [9.17, 15) is 9.59 Å². The molecule has 0 aliphatic rings. The third-order valence-corrected chi connectivity index (χ3v) is 5.17. The molecule has 2 N–H and O–H groups in total. The van der Waals surface area contributed by atoms with E-state index in [1.54, 1.807) is 48.5 Å². The molecule has 0 heterocycles. The molecule has 2 amide bonds. The van der Waals surface area contributed by atoms with Gasteiger partial charge in [0.1, 0.15) is 5.75 Å². The minimum Gasteiger partial charge on any atom is -0.483 e. The Hall–Kier alpha value is -2.83. The summed E-state index contributed by atoms with van der Waals surface area (Å²) in [4.78, 5) is 24.9. The summed E-state index contributed by atoms with van der Waals surface area (Å²) < 4.78 is 6.69. The van der Waals surface area contributed by atoms with E-state index in [4.69, 9.17) is 16.3 Å². The van der Waals surface area contributed by atoms with Crippen LogP contribution < -0.4 is 15.4 Å². The summed E-state index contributed by atoms with van der Waals surface area (Å²) in [7, 11) is 0. The first-order valence-electron chi connectivity index (χ1n) is 9.71.